The maximum atomic E-state index is 10.6. The summed E-state index contributed by atoms with van der Waals surface area (Å²) in [6, 6.07) is 5.61. The van der Waals surface area contributed by atoms with Gasteiger partial charge in [-0.05, 0) is 13.0 Å². The molecular formula is C15H15ClN4O. The van der Waals surface area contributed by atoms with E-state index in [9.17, 15) is 5.11 Å². The predicted molar refractivity (Wildman–Crippen MR) is 81.2 cm³/mol. The van der Waals surface area contributed by atoms with E-state index in [1.165, 1.54) is 0 Å². The van der Waals surface area contributed by atoms with Gasteiger partial charge in [-0.1, -0.05) is 23.7 Å². The number of para-hydroxylation sites is 1. The van der Waals surface area contributed by atoms with Gasteiger partial charge in [-0.3, -0.25) is 14.6 Å². The minimum atomic E-state index is -0.703. The molecule has 2 aromatic heterocycles. The first-order valence-electron chi connectivity index (χ1n) is 6.63. The number of aryl methyl sites for hydroxylation is 2. The first-order chi connectivity index (χ1) is 10.1. The first-order valence-corrected chi connectivity index (χ1v) is 7.01. The second kappa shape index (κ2) is 5.42. The van der Waals surface area contributed by atoms with Crippen molar-refractivity contribution in [3.63, 3.8) is 0 Å². The van der Waals surface area contributed by atoms with Gasteiger partial charge in [0.2, 0.25) is 0 Å². The zero-order valence-electron chi connectivity index (χ0n) is 11.8. The molecule has 0 aliphatic carbocycles. The van der Waals surface area contributed by atoms with Gasteiger partial charge >= 0.3 is 0 Å². The number of hydrogen-bond acceptors (Lipinski definition) is 4. The number of halogens is 1. The number of aliphatic hydroxyl groups excluding tert-OH is 1. The Balaban J connectivity index is 1.99. The largest absolute Gasteiger partial charge is 0.388 e. The van der Waals surface area contributed by atoms with E-state index in [4.69, 9.17) is 11.6 Å². The second-order valence-electron chi connectivity index (χ2n) is 4.97. The Morgan fingerprint density at radius 3 is 2.76 bits per heavy atom. The van der Waals surface area contributed by atoms with Gasteiger partial charge in [0, 0.05) is 37.0 Å². The molecule has 0 aliphatic heterocycles. The molecule has 0 radical (unpaired) electrons. The summed E-state index contributed by atoms with van der Waals surface area (Å²) in [5.41, 5.74) is 3.91. The van der Waals surface area contributed by atoms with Gasteiger partial charge in [-0.15, -0.1) is 0 Å². The maximum absolute atomic E-state index is 10.6. The van der Waals surface area contributed by atoms with Gasteiger partial charge in [0.05, 0.1) is 22.8 Å². The van der Waals surface area contributed by atoms with Crippen LogP contribution in [0.3, 0.4) is 0 Å². The maximum Gasteiger partial charge on any atom is 0.130 e. The third-order valence-corrected chi connectivity index (χ3v) is 4.03. The van der Waals surface area contributed by atoms with Crippen LogP contribution in [0.5, 0.6) is 0 Å². The van der Waals surface area contributed by atoms with Crippen molar-refractivity contribution in [1.82, 2.24) is 19.7 Å². The van der Waals surface area contributed by atoms with Crippen molar-refractivity contribution >= 4 is 22.6 Å². The number of fused-ring (bicyclic) bond motifs is 1. The highest BCUT2D eigenvalue weighted by Crippen LogP contribution is 2.28. The molecule has 1 atom stereocenters. The SMILES string of the molecule is Cc1nn(C)c(Cl)c1CC(O)c1cccc2nccnc12. The molecule has 0 amide bonds. The van der Waals surface area contributed by atoms with Gasteiger partial charge in [-0.2, -0.15) is 5.10 Å². The highest BCUT2D eigenvalue weighted by atomic mass is 35.5. The normalized spacial score (nSPS) is 12.8. The molecule has 0 saturated heterocycles. The molecule has 5 nitrogen and oxygen atoms in total. The monoisotopic (exact) mass is 302 g/mol. The van der Waals surface area contributed by atoms with E-state index in [-0.39, 0.29) is 0 Å². The van der Waals surface area contributed by atoms with Crippen LogP contribution in [-0.2, 0) is 13.5 Å². The Morgan fingerprint density at radius 1 is 1.29 bits per heavy atom. The minimum Gasteiger partial charge on any atom is -0.388 e. The van der Waals surface area contributed by atoms with Gasteiger partial charge in [0.1, 0.15) is 5.15 Å². The number of rotatable bonds is 3. The van der Waals surface area contributed by atoms with Crippen LogP contribution in [0.25, 0.3) is 11.0 Å². The topological polar surface area (TPSA) is 63.8 Å². The van der Waals surface area contributed by atoms with Gasteiger partial charge in [0.15, 0.2) is 0 Å². The van der Waals surface area contributed by atoms with E-state index in [2.05, 4.69) is 15.1 Å². The molecule has 1 aromatic carbocycles. The lowest BCUT2D eigenvalue weighted by Crippen LogP contribution is -2.04. The standard InChI is InChI=1S/C15H15ClN4O/c1-9-11(15(16)20(2)19-9)8-13(21)10-4-3-5-12-14(10)18-7-6-17-12/h3-7,13,21H,8H2,1-2H3. The van der Waals surface area contributed by atoms with Crippen LogP contribution in [0.4, 0.5) is 0 Å². The van der Waals surface area contributed by atoms with Crippen LogP contribution in [-0.4, -0.2) is 24.9 Å². The number of hydrogen-bond donors (Lipinski definition) is 1. The molecule has 0 spiro atoms. The van der Waals surface area contributed by atoms with Crippen LogP contribution in [0.2, 0.25) is 5.15 Å². The zero-order valence-corrected chi connectivity index (χ0v) is 12.5. The van der Waals surface area contributed by atoms with E-state index < -0.39 is 6.10 Å². The van der Waals surface area contributed by atoms with Crippen molar-refractivity contribution < 1.29 is 5.11 Å². The van der Waals surface area contributed by atoms with Crippen molar-refractivity contribution in [2.45, 2.75) is 19.4 Å². The molecule has 1 unspecified atom stereocenters. The fourth-order valence-corrected chi connectivity index (χ4v) is 2.74. The number of aromatic nitrogens is 4. The Kier molecular flexibility index (Phi) is 3.61. The van der Waals surface area contributed by atoms with E-state index in [0.717, 1.165) is 22.3 Å². The first kappa shape index (κ1) is 14.0. The minimum absolute atomic E-state index is 0.397. The third kappa shape index (κ3) is 2.50. The predicted octanol–water partition coefficient (Wildman–Crippen LogP) is 2.60. The molecule has 3 rings (SSSR count). The van der Waals surface area contributed by atoms with Crippen molar-refractivity contribution in [1.29, 1.82) is 0 Å². The number of nitrogens with zero attached hydrogens (tertiary/aromatic N) is 4. The Bertz CT molecular complexity index is 794. The molecular weight excluding hydrogens is 288 g/mol. The zero-order chi connectivity index (χ0) is 15.0. The van der Waals surface area contributed by atoms with Crippen LogP contribution >= 0.6 is 11.6 Å². The lowest BCUT2D eigenvalue weighted by Gasteiger charge is -2.12. The summed E-state index contributed by atoms with van der Waals surface area (Å²) in [5, 5.41) is 15.4. The molecule has 108 valence electrons. The average Bonchev–Trinajstić information content (AvgIpc) is 2.73. The lowest BCUT2D eigenvalue weighted by molar-refractivity contribution is 0.179. The molecule has 0 aliphatic rings. The van der Waals surface area contributed by atoms with Gasteiger partial charge in [0.25, 0.3) is 0 Å². The Labute approximate surface area is 127 Å². The smallest absolute Gasteiger partial charge is 0.130 e. The number of aliphatic hydroxyl groups is 1. The summed E-state index contributed by atoms with van der Waals surface area (Å²) in [5.74, 6) is 0. The van der Waals surface area contributed by atoms with Crippen LogP contribution in [0.1, 0.15) is 22.9 Å². The van der Waals surface area contributed by atoms with Crippen LogP contribution < -0.4 is 0 Å². The quantitative estimate of drug-likeness (QED) is 0.808. The summed E-state index contributed by atoms with van der Waals surface area (Å²) in [4.78, 5) is 8.57. The van der Waals surface area contributed by atoms with E-state index in [0.29, 0.717) is 17.1 Å². The van der Waals surface area contributed by atoms with Gasteiger partial charge < -0.3 is 5.11 Å². The molecule has 3 aromatic rings. The summed E-state index contributed by atoms with van der Waals surface area (Å²) >= 11 is 6.23. The Morgan fingerprint density at radius 2 is 2.05 bits per heavy atom. The van der Waals surface area contributed by atoms with E-state index in [1.807, 2.05) is 25.1 Å². The van der Waals surface area contributed by atoms with Crippen LogP contribution in [0.15, 0.2) is 30.6 Å². The second-order valence-corrected chi connectivity index (χ2v) is 5.33. The van der Waals surface area contributed by atoms with E-state index >= 15 is 0 Å². The van der Waals surface area contributed by atoms with Gasteiger partial charge in [-0.25, -0.2) is 0 Å². The molecule has 1 N–H and O–H groups in total. The lowest BCUT2D eigenvalue weighted by atomic mass is 10.0. The number of benzene rings is 1. The average molecular weight is 303 g/mol. The van der Waals surface area contributed by atoms with Crippen molar-refractivity contribution in [2.24, 2.45) is 7.05 Å². The van der Waals surface area contributed by atoms with E-state index in [1.54, 1.807) is 24.1 Å². The molecule has 2 heterocycles. The van der Waals surface area contributed by atoms with Crippen molar-refractivity contribution in [2.75, 3.05) is 0 Å². The third-order valence-electron chi connectivity index (χ3n) is 3.56. The summed E-state index contributed by atoms with van der Waals surface area (Å²) in [6.07, 6.45) is 2.96. The summed E-state index contributed by atoms with van der Waals surface area (Å²) in [6.45, 7) is 1.89. The summed E-state index contributed by atoms with van der Waals surface area (Å²) < 4.78 is 1.61. The van der Waals surface area contributed by atoms with Crippen molar-refractivity contribution in [3.8, 4) is 0 Å². The molecule has 21 heavy (non-hydrogen) atoms. The Hall–Kier alpha value is -1.98. The summed E-state index contributed by atoms with van der Waals surface area (Å²) in [7, 11) is 1.79. The highest BCUT2D eigenvalue weighted by Gasteiger charge is 2.18. The fraction of sp³-hybridized carbons (Fsp3) is 0.267. The molecule has 6 heteroatoms. The molecule has 0 saturated carbocycles. The molecule has 0 bridgehead atoms. The van der Waals surface area contributed by atoms with Crippen LogP contribution in [0, 0.1) is 6.92 Å². The fourth-order valence-electron chi connectivity index (χ4n) is 2.49. The highest BCUT2D eigenvalue weighted by molar-refractivity contribution is 6.30. The molecule has 0 fully saturated rings. The van der Waals surface area contributed by atoms with Crippen molar-refractivity contribution in [3.05, 3.63) is 52.6 Å².